The fourth-order valence-electron chi connectivity index (χ4n) is 2.88. The zero-order chi connectivity index (χ0) is 16.2. The van der Waals surface area contributed by atoms with Crippen LogP contribution in [0.2, 0.25) is 0 Å². The van der Waals surface area contributed by atoms with Gasteiger partial charge in [-0.3, -0.25) is 4.79 Å². The van der Waals surface area contributed by atoms with Crippen LogP contribution in [0.3, 0.4) is 0 Å². The molecule has 0 aliphatic carbocycles. The summed E-state index contributed by atoms with van der Waals surface area (Å²) >= 11 is 0. The third kappa shape index (κ3) is 3.35. The summed E-state index contributed by atoms with van der Waals surface area (Å²) in [4.78, 5) is 16.7. The lowest BCUT2D eigenvalue weighted by molar-refractivity contribution is 0.0746. The topological polar surface area (TPSA) is 47.3 Å². The van der Waals surface area contributed by atoms with Crippen LogP contribution < -0.4 is 4.90 Å². The smallest absolute Gasteiger partial charge is 0.253 e. The molecule has 0 N–H and O–H groups in total. The first kappa shape index (κ1) is 15.1. The number of nitrogens with zero attached hydrogens (tertiary/aromatic N) is 3. The quantitative estimate of drug-likeness (QED) is 0.857. The van der Waals surface area contributed by atoms with Crippen LogP contribution in [0.15, 0.2) is 48.5 Å². The van der Waals surface area contributed by atoms with Crippen molar-refractivity contribution in [3.05, 3.63) is 65.2 Å². The first-order chi connectivity index (χ1) is 11.2. The van der Waals surface area contributed by atoms with Gasteiger partial charge in [0.05, 0.1) is 11.6 Å². The molecule has 0 saturated carbocycles. The molecule has 0 bridgehead atoms. The Kier molecular flexibility index (Phi) is 4.29. The van der Waals surface area contributed by atoms with Gasteiger partial charge in [-0.1, -0.05) is 17.7 Å². The predicted molar refractivity (Wildman–Crippen MR) is 90.5 cm³/mol. The summed E-state index contributed by atoms with van der Waals surface area (Å²) in [6.45, 7) is 5.05. The normalized spacial score (nSPS) is 14.4. The third-order valence-corrected chi connectivity index (χ3v) is 4.19. The van der Waals surface area contributed by atoms with E-state index >= 15 is 0 Å². The molecule has 0 radical (unpaired) electrons. The van der Waals surface area contributed by atoms with Gasteiger partial charge in [0.1, 0.15) is 0 Å². The number of amides is 1. The van der Waals surface area contributed by atoms with Crippen molar-refractivity contribution in [2.24, 2.45) is 0 Å². The number of carbonyl (C=O) groups excluding carboxylic acids is 1. The number of aryl methyl sites for hydroxylation is 1. The van der Waals surface area contributed by atoms with E-state index in [-0.39, 0.29) is 5.91 Å². The lowest BCUT2D eigenvalue weighted by Crippen LogP contribution is -2.48. The molecule has 0 atom stereocenters. The summed E-state index contributed by atoms with van der Waals surface area (Å²) < 4.78 is 0. The number of hydrogen-bond acceptors (Lipinski definition) is 3. The molecule has 1 fully saturated rings. The second-order valence-corrected chi connectivity index (χ2v) is 5.81. The molecule has 0 aromatic heterocycles. The minimum atomic E-state index is 0.105. The Morgan fingerprint density at radius 2 is 1.74 bits per heavy atom. The van der Waals surface area contributed by atoms with Crippen molar-refractivity contribution in [1.82, 2.24) is 4.90 Å². The third-order valence-electron chi connectivity index (χ3n) is 4.19. The van der Waals surface area contributed by atoms with E-state index in [2.05, 4.69) is 11.0 Å². The minimum Gasteiger partial charge on any atom is -0.368 e. The standard InChI is InChI=1S/C19H19N3O/c1-15-3-2-4-17(13-15)19(23)22-11-9-21(10-12-22)18-7-5-16(14-20)6-8-18/h2-8,13H,9-12H2,1H3. The van der Waals surface area contributed by atoms with Crippen LogP contribution in [0.25, 0.3) is 0 Å². The number of rotatable bonds is 2. The van der Waals surface area contributed by atoms with E-state index in [1.54, 1.807) is 0 Å². The summed E-state index contributed by atoms with van der Waals surface area (Å²) in [5.41, 5.74) is 3.64. The van der Waals surface area contributed by atoms with E-state index in [9.17, 15) is 4.79 Å². The molecule has 116 valence electrons. The van der Waals surface area contributed by atoms with Crippen molar-refractivity contribution in [3.8, 4) is 6.07 Å². The number of nitriles is 1. The highest BCUT2D eigenvalue weighted by atomic mass is 16.2. The Hall–Kier alpha value is -2.80. The molecule has 4 heteroatoms. The maximum Gasteiger partial charge on any atom is 0.253 e. The molecule has 1 heterocycles. The first-order valence-corrected chi connectivity index (χ1v) is 7.78. The molecule has 3 rings (SSSR count). The van der Waals surface area contributed by atoms with E-state index in [0.29, 0.717) is 18.7 Å². The van der Waals surface area contributed by atoms with Crippen molar-refractivity contribution in [3.63, 3.8) is 0 Å². The van der Waals surface area contributed by atoms with Crippen molar-refractivity contribution >= 4 is 11.6 Å². The van der Waals surface area contributed by atoms with Gasteiger partial charge in [-0.2, -0.15) is 5.26 Å². The molecule has 2 aromatic carbocycles. The second-order valence-electron chi connectivity index (χ2n) is 5.81. The van der Waals surface area contributed by atoms with Crippen molar-refractivity contribution in [2.45, 2.75) is 6.92 Å². The Morgan fingerprint density at radius 1 is 1.04 bits per heavy atom. The Labute approximate surface area is 136 Å². The van der Waals surface area contributed by atoms with E-state index in [0.717, 1.165) is 29.9 Å². The average Bonchev–Trinajstić information content (AvgIpc) is 2.61. The highest BCUT2D eigenvalue weighted by molar-refractivity contribution is 5.94. The predicted octanol–water partition coefficient (Wildman–Crippen LogP) is 2.83. The van der Waals surface area contributed by atoms with Crippen LogP contribution >= 0.6 is 0 Å². The van der Waals surface area contributed by atoms with Gasteiger partial charge in [-0.05, 0) is 43.3 Å². The molecule has 1 saturated heterocycles. The van der Waals surface area contributed by atoms with Gasteiger partial charge >= 0.3 is 0 Å². The van der Waals surface area contributed by atoms with Gasteiger partial charge in [0.2, 0.25) is 0 Å². The van der Waals surface area contributed by atoms with Crippen molar-refractivity contribution in [1.29, 1.82) is 5.26 Å². The number of anilines is 1. The molecular weight excluding hydrogens is 286 g/mol. The summed E-state index contributed by atoms with van der Waals surface area (Å²) in [5, 5.41) is 8.85. The van der Waals surface area contributed by atoms with E-state index in [1.165, 1.54) is 0 Å². The number of carbonyl (C=O) groups is 1. The lowest BCUT2D eigenvalue weighted by Gasteiger charge is -2.36. The molecule has 2 aromatic rings. The zero-order valence-electron chi connectivity index (χ0n) is 13.2. The van der Waals surface area contributed by atoms with E-state index in [1.807, 2.05) is 60.4 Å². The van der Waals surface area contributed by atoms with Crippen LogP contribution in [0.5, 0.6) is 0 Å². The van der Waals surface area contributed by atoms with Crippen molar-refractivity contribution in [2.75, 3.05) is 31.1 Å². The average molecular weight is 305 g/mol. The number of benzene rings is 2. The van der Waals surface area contributed by atoms with E-state index in [4.69, 9.17) is 5.26 Å². The SMILES string of the molecule is Cc1cccc(C(=O)N2CCN(c3ccc(C#N)cc3)CC2)c1. The van der Waals surface area contributed by atoms with Gasteiger partial charge in [0.15, 0.2) is 0 Å². The second kappa shape index (κ2) is 6.53. The van der Waals surface area contributed by atoms with Crippen LogP contribution in [0.1, 0.15) is 21.5 Å². The largest absolute Gasteiger partial charge is 0.368 e. The fraction of sp³-hybridized carbons (Fsp3) is 0.263. The maximum absolute atomic E-state index is 12.5. The first-order valence-electron chi connectivity index (χ1n) is 7.78. The molecule has 1 aliphatic rings. The van der Waals surface area contributed by atoms with Gasteiger partial charge in [0, 0.05) is 37.4 Å². The summed E-state index contributed by atoms with van der Waals surface area (Å²) in [6, 6.07) is 17.5. The Bertz CT molecular complexity index is 738. The minimum absolute atomic E-state index is 0.105. The highest BCUT2D eigenvalue weighted by Gasteiger charge is 2.22. The highest BCUT2D eigenvalue weighted by Crippen LogP contribution is 2.18. The van der Waals surface area contributed by atoms with Crippen molar-refractivity contribution < 1.29 is 4.79 Å². The molecular formula is C19H19N3O. The van der Waals surface area contributed by atoms with Crippen LogP contribution in [-0.2, 0) is 0 Å². The monoisotopic (exact) mass is 305 g/mol. The zero-order valence-corrected chi connectivity index (χ0v) is 13.2. The molecule has 0 unspecified atom stereocenters. The van der Waals surface area contributed by atoms with Gasteiger partial charge < -0.3 is 9.80 Å². The molecule has 23 heavy (non-hydrogen) atoms. The van der Waals surface area contributed by atoms with Crippen LogP contribution in [0, 0.1) is 18.3 Å². The molecule has 1 aliphatic heterocycles. The molecule has 4 nitrogen and oxygen atoms in total. The Balaban J connectivity index is 1.64. The molecule has 1 amide bonds. The molecule has 0 spiro atoms. The summed E-state index contributed by atoms with van der Waals surface area (Å²) in [5.74, 6) is 0.105. The number of piperazine rings is 1. The number of hydrogen-bond donors (Lipinski definition) is 0. The lowest BCUT2D eigenvalue weighted by atomic mass is 10.1. The van der Waals surface area contributed by atoms with Crippen LogP contribution in [0.4, 0.5) is 5.69 Å². The maximum atomic E-state index is 12.5. The van der Waals surface area contributed by atoms with E-state index < -0.39 is 0 Å². The van der Waals surface area contributed by atoms with Gasteiger partial charge in [0.25, 0.3) is 5.91 Å². The Morgan fingerprint density at radius 3 is 2.35 bits per heavy atom. The fourth-order valence-corrected chi connectivity index (χ4v) is 2.88. The van der Waals surface area contributed by atoms with Gasteiger partial charge in [-0.25, -0.2) is 0 Å². The van der Waals surface area contributed by atoms with Gasteiger partial charge in [-0.15, -0.1) is 0 Å². The van der Waals surface area contributed by atoms with Crippen LogP contribution in [-0.4, -0.2) is 37.0 Å². The summed E-state index contributed by atoms with van der Waals surface area (Å²) in [6.07, 6.45) is 0. The summed E-state index contributed by atoms with van der Waals surface area (Å²) in [7, 11) is 0.